The van der Waals surface area contributed by atoms with Gasteiger partial charge in [0, 0.05) is 6.42 Å². The fourth-order valence-electron chi connectivity index (χ4n) is 1.44. The Hall–Kier alpha value is -1.84. The maximum absolute atomic E-state index is 11.8. The highest BCUT2D eigenvalue weighted by Crippen LogP contribution is 2.14. The smallest absolute Gasteiger partial charge is 0.315 e. The first-order valence-electron chi connectivity index (χ1n) is 5.32. The third-order valence-electron chi connectivity index (χ3n) is 2.55. The number of ether oxygens (including phenoxy) is 2. The first kappa shape index (κ1) is 13.2. The summed E-state index contributed by atoms with van der Waals surface area (Å²) in [5.41, 5.74) is 0.824. The molecule has 0 saturated carbocycles. The van der Waals surface area contributed by atoms with E-state index in [1.54, 1.807) is 26.2 Å². The first-order valence-corrected chi connectivity index (χ1v) is 5.32. The molecule has 92 valence electrons. The van der Waals surface area contributed by atoms with Crippen LogP contribution in [0.1, 0.15) is 12.5 Å². The lowest BCUT2D eigenvalue weighted by Crippen LogP contribution is -2.23. The topological polar surface area (TPSA) is 52.6 Å². The van der Waals surface area contributed by atoms with Crippen LogP contribution in [-0.4, -0.2) is 26.0 Å². The lowest BCUT2D eigenvalue weighted by Gasteiger charge is -2.08. The van der Waals surface area contributed by atoms with E-state index in [9.17, 15) is 9.59 Å². The molecule has 4 nitrogen and oxygen atoms in total. The van der Waals surface area contributed by atoms with Crippen molar-refractivity contribution in [3.63, 3.8) is 0 Å². The van der Waals surface area contributed by atoms with E-state index >= 15 is 0 Å². The molecule has 1 unspecified atom stereocenters. The second-order valence-corrected chi connectivity index (χ2v) is 3.74. The maximum atomic E-state index is 11.8. The number of esters is 1. The fourth-order valence-corrected chi connectivity index (χ4v) is 1.44. The maximum Gasteiger partial charge on any atom is 0.315 e. The Labute approximate surface area is 101 Å². The van der Waals surface area contributed by atoms with Gasteiger partial charge >= 0.3 is 5.97 Å². The van der Waals surface area contributed by atoms with Crippen LogP contribution < -0.4 is 4.74 Å². The molecule has 1 aromatic rings. The van der Waals surface area contributed by atoms with E-state index in [1.807, 2.05) is 12.1 Å². The van der Waals surface area contributed by atoms with Crippen molar-refractivity contribution < 1.29 is 19.1 Å². The minimum atomic E-state index is -0.730. The van der Waals surface area contributed by atoms with Crippen molar-refractivity contribution in [1.29, 1.82) is 0 Å². The van der Waals surface area contributed by atoms with Crippen molar-refractivity contribution in [1.82, 2.24) is 0 Å². The van der Waals surface area contributed by atoms with Gasteiger partial charge in [-0.1, -0.05) is 12.1 Å². The molecule has 1 aromatic carbocycles. The summed E-state index contributed by atoms with van der Waals surface area (Å²) < 4.78 is 9.59. The van der Waals surface area contributed by atoms with Crippen LogP contribution in [-0.2, 0) is 20.7 Å². The number of methoxy groups -OCH3 is 2. The second-order valence-electron chi connectivity index (χ2n) is 3.74. The zero-order valence-electron chi connectivity index (χ0n) is 10.2. The van der Waals surface area contributed by atoms with Gasteiger partial charge in [-0.25, -0.2) is 0 Å². The van der Waals surface area contributed by atoms with Crippen LogP contribution in [0, 0.1) is 5.92 Å². The van der Waals surface area contributed by atoms with Crippen molar-refractivity contribution in [2.75, 3.05) is 14.2 Å². The molecular weight excluding hydrogens is 220 g/mol. The van der Waals surface area contributed by atoms with Crippen LogP contribution in [0.2, 0.25) is 0 Å². The average molecular weight is 236 g/mol. The molecule has 0 heterocycles. The van der Waals surface area contributed by atoms with Gasteiger partial charge in [0.2, 0.25) is 0 Å². The quantitative estimate of drug-likeness (QED) is 0.575. The number of Topliss-reactive ketones (excluding diaryl/α,β-unsaturated/α-hetero) is 1. The predicted molar refractivity (Wildman–Crippen MR) is 62.9 cm³/mol. The van der Waals surface area contributed by atoms with E-state index in [0.29, 0.717) is 5.75 Å². The molecule has 1 atom stereocenters. The molecule has 0 spiro atoms. The molecule has 0 aliphatic carbocycles. The lowest BCUT2D eigenvalue weighted by molar-refractivity contribution is -0.148. The molecule has 17 heavy (non-hydrogen) atoms. The summed E-state index contributed by atoms with van der Waals surface area (Å²) >= 11 is 0. The Balaban J connectivity index is 2.70. The number of benzene rings is 1. The van der Waals surface area contributed by atoms with E-state index in [2.05, 4.69) is 4.74 Å². The molecular formula is C13H16O4. The predicted octanol–water partition coefficient (Wildman–Crippen LogP) is 1.62. The van der Waals surface area contributed by atoms with Crippen LogP contribution in [0.3, 0.4) is 0 Å². The van der Waals surface area contributed by atoms with E-state index in [0.717, 1.165) is 5.56 Å². The van der Waals surface area contributed by atoms with Gasteiger partial charge in [-0.15, -0.1) is 0 Å². The molecule has 4 heteroatoms. The highest BCUT2D eigenvalue weighted by molar-refractivity contribution is 5.99. The molecule has 0 radical (unpaired) electrons. The SMILES string of the molecule is COC(=O)C(C)C(=O)Cc1cccc(OC)c1. The third kappa shape index (κ3) is 3.59. The van der Waals surface area contributed by atoms with Gasteiger partial charge in [0.15, 0.2) is 5.78 Å². The average Bonchev–Trinajstić information content (AvgIpc) is 2.37. The zero-order valence-corrected chi connectivity index (χ0v) is 10.2. The summed E-state index contributed by atoms with van der Waals surface area (Å²) in [7, 11) is 2.84. The molecule has 0 amide bonds. The Kier molecular flexibility index (Phi) is 4.69. The number of ketones is 1. The van der Waals surface area contributed by atoms with E-state index in [-0.39, 0.29) is 12.2 Å². The molecule has 0 fully saturated rings. The van der Waals surface area contributed by atoms with Crippen molar-refractivity contribution in [2.24, 2.45) is 5.92 Å². The summed E-state index contributed by atoms with van der Waals surface area (Å²) in [6, 6.07) is 7.22. The molecule has 0 aromatic heterocycles. The molecule has 0 N–H and O–H groups in total. The number of hydrogen-bond acceptors (Lipinski definition) is 4. The highest BCUT2D eigenvalue weighted by atomic mass is 16.5. The zero-order chi connectivity index (χ0) is 12.8. The van der Waals surface area contributed by atoms with E-state index in [1.165, 1.54) is 7.11 Å². The Morgan fingerprint density at radius 3 is 2.59 bits per heavy atom. The normalized spacial score (nSPS) is 11.7. The van der Waals surface area contributed by atoms with Gasteiger partial charge in [-0.05, 0) is 24.6 Å². The van der Waals surface area contributed by atoms with Gasteiger partial charge in [0.1, 0.15) is 11.7 Å². The second kappa shape index (κ2) is 6.03. The number of carbonyl (C=O) groups is 2. The van der Waals surface area contributed by atoms with Gasteiger partial charge in [-0.3, -0.25) is 9.59 Å². The van der Waals surface area contributed by atoms with E-state index < -0.39 is 11.9 Å². The van der Waals surface area contributed by atoms with Crippen molar-refractivity contribution >= 4 is 11.8 Å². The first-order chi connectivity index (χ1) is 8.08. The Bertz CT molecular complexity index is 412. The molecule has 0 bridgehead atoms. The molecule has 0 aliphatic heterocycles. The third-order valence-corrected chi connectivity index (χ3v) is 2.55. The van der Waals surface area contributed by atoms with Gasteiger partial charge in [0.25, 0.3) is 0 Å². The molecule has 1 rings (SSSR count). The van der Waals surface area contributed by atoms with Crippen LogP contribution in [0.5, 0.6) is 5.75 Å². The van der Waals surface area contributed by atoms with Crippen LogP contribution >= 0.6 is 0 Å². The lowest BCUT2D eigenvalue weighted by atomic mass is 9.99. The van der Waals surface area contributed by atoms with Crippen molar-refractivity contribution in [3.05, 3.63) is 29.8 Å². The van der Waals surface area contributed by atoms with Crippen LogP contribution in [0.25, 0.3) is 0 Å². The van der Waals surface area contributed by atoms with Crippen molar-refractivity contribution in [3.8, 4) is 5.75 Å². The van der Waals surface area contributed by atoms with Gasteiger partial charge < -0.3 is 9.47 Å². The van der Waals surface area contributed by atoms with Crippen LogP contribution in [0.4, 0.5) is 0 Å². The fraction of sp³-hybridized carbons (Fsp3) is 0.385. The Morgan fingerprint density at radius 1 is 1.29 bits per heavy atom. The minimum Gasteiger partial charge on any atom is -0.497 e. The number of carbonyl (C=O) groups excluding carboxylic acids is 2. The summed E-state index contributed by atoms with van der Waals surface area (Å²) in [6.45, 7) is 1.55. The number of rotatable bonds is 5. The summed E-state index contributed by atoms with van der Waals surface area (Å²) in [6.07, 6.45) is 0.202. The minimum absolute atomic E-state index is 0.162. The monoisotopic (exact) mass is 236 g/mol. The largest absolute Gasteiger partial charge is 0.497 e. The Morgan fingerprint density at radius 2 is 2.00 bits per heavy atom. The summed E-state index contributed by atoms with van der Waals surface area (Å²) in [5, 5.41) is 0. The highest BCUT2D eigenvalue weighted by Gasteiger charge is 2.21. The molecule has 0 saturated heterocycles. The van der Waals surface area contributed by atoms with E-state index in [4.69, 9.17) is 4.74 Å². The van der Waals surface area contributed by atoms with Gasteiger partial charge in [0.05, 0.1) is 14.2 Å². The summed E-state index contributed by atoms with van der Waals surface area (Å²) in [5.74, 6) is -0.699. The van der Waals surface area contributed by atoms with Crippen molar-refractivity contribution in [2.45, 2.75) is 13.3 Å². The summed E-state index contributed by atoms with van der Waals surface area (Å²) in [4.78, 5) is 23.0. The molecule has 0 aliphatic rings. The standard InChI is InChI=1S/C13H16O4/c1-9(13(15)17-3)12(14)8-10-5-4-6-11(7-10)16-2/h4-7,9H,8H2,1-3H3. The van der Waals surface area contributed by atoms with Gasteiger partial charge in [-0.2, -0.15) is 0 Å². The number of hydrogen-bond donors (Lipinski definition) is 0. The van der Waals surface area contributed by atoms with Crippen LogP contribution in [0.15, 0.2) is 24.3 Å².